The lowest BCUT2D eigenvalue weighted by Gasteiger charge is -2.15. The fourth-order valence-corrected chi connectivity index (χ4v) is 3.18. The van der Waals surface area contributed by atoms with Crippen molar-refractivity contribution in [3.8, 4) is 11.5 Å². The van der Waals surface area contributed by atoms with Crippen molar-refractivity contribution in [1.82, 2.24) is 20.2 Å². The molecule has 10 heteroatoms. The van der Waals surface area contributed by atoms with Crippen LogP contribution in [-0.4, -0.2) is 27.3 Å². The third-order valence-corrected chi connectivity index (χ3v) is 5.09. The molecule has 0 aliphatic carbocycles. The van der Waals surface area contributed by atoms with Crippen LogP contribution in [0.15, 0.2) is 34.8 Å². The summed E-state index contributed by atoms with van der Waals surface area (Å²) in [5, 5.41) is 15.0. The first kappa shape index (κ1) is 20.3. The minimum absolute atomic E-state index is 0.185. The lowest BCUT2D eigenvalue weighted by molar-refractivity contribution is 0.284. The molecular formula is C18H18BrClFN5O2. The van der Waals surface area contributed by atoms with E-state index in [4.69, 9.17) is 21.1 Å². The number of nitrogens with zero attached hydrogens (tertiary/aromatic N) is 4. The number of hydrogen-bond donors (Lipinski definition) is 1. The van der Waals surface area contributed by atoms with E-state index < -0.39 is 0 Å². The van der Waals surface area contributed by atoms with Crippen LogP contribution in [0.1, 0.15) is 18.1 Å². The summed E-state index contributed by atoms with van der Waals surface area (Å²) in [5.41, 5.74) is 1.62. The van der Waals surface area contributed by atoms with Crippen molar-refractivity contribution in [1.29, 1.82) is 0 Å². The van der Waals surface area contributed by atoms with Crippen molar-refractivity contribution < 1.29 is 13.9 Å². The summed E-state index contributed by atoms with van der Waals surface area (Å²) >= 11 is 9.60. The Hall–Kier alpha value is -2.39. The van der Waals surface area contributed by atoms with Gasteiger partial charge < -0.3 is 14.8 Å². The van der Waals surface area contributed by atoms with Gasteiger partial charge in [0.25, 0.3) is 0 Å². The number of anilines is 1. The largest absolute Gasteiger partial charge is 0.493 e. The fourth-order valence-electron chi connectivity index (χ4n) is 2.50. The number of benzene rings is 2. The molecule has 1 aromatic heterocycles. The molecule has 7 nitrogen and oxygen atoms in total. The van der Waals surface area contributed by atoms with Gasteiger partial charge in [0.05, 0.1) is 12.1 Å². The highest BCUT2D eigenvalue weighted by Crippen LogP contribution is 2.34. The van der Waals surface area contributed by atoms with Crippen LogP contribution in [0.2, 0.25) is 5.02 Å². The second-order valence-corrected chi connectivity index (χ2v) is 7.05. The van der Waals surface area contributed by atoms with E-state index in [0.29, 0.717) is 41.1 Å². The first-order valence-corrected chi connectivity index (χ1v) is 9.62. The normalized spacial score (nSPS) is 10.8. The van der Waals surface area contributed by atoms with Crippen LogP contribution in [0.5, 0.6) is 11.5 Å². The Morgan fingerprint density at radius 3 is 2.75 bits per heavy atom. The summed E-state index contributed by atoms with van der Waals surface area (Å²) in [7, 11) is 1.57. The predicted molar refractivity (Wildman–Crippen MR) is 107 cm³/mol. The van der Waals surface area contributed by atoms with Crippen molar-refractivity contribution in [2.24, 2.45) is 0 Å². The zero-order chi connectivity index (χ0) is 20.1. The molecule has 0 saturated heterocycles. The molecule has 0 bridgehead atoms. The maximum Gasteiger partial charge on any atom is 0.243 e. The number of tetrazole rings is 1. The number of methoxy groups -OCH3 is 1. The smallest absolute Gasteiger partial charge is 0.243 e. The van der Waals surface area contributed by atoms with E-state index in [9.17, 15) is 4.39 Å². The van der Waals surface area contributed by atoms with Crippen LogP contribution in [0.3, 0.4) is 0 Å². The molecular weight excluding hydrogens is 453 g/mol. The van der Waals surface area contributed by atoms with E-state index in [0.717, 1.165) is 10.0 Å². The summed E-state index contributed by atoms with van der Waals surface area (Å²) in [6, 6.07) is 7.87. The Balaban J connectivity index is 1.73. The van der Waals surface area contributed by atoms with Gasteiger partial charge in [-0.3, -0.25) is 0 Å². The summed E-state index contributed by atoms with van der Waals surface area (Å²) in [6.07, 6.45) is 0. The highest BCUT2D eigenvalue weighted by molar-refractivity contribution is 9.10. The second kappa shape index (κ2) is 9.20. The summed E-state index contributed by atoms with van der Waals surface area (Å²) in [4.78, 5) is 0. The van der Waals surface area contributed by atoms with E-state index >= 15 is 0 Å². The number of ether oxygens (including phenoxy) is 2. The van der Waals surface area contributed by atoms with Gasteiger partial charge in [0.1, 0.15) is 12.4 Å². The van der Waals surface area contributed by atoms with E-state index in [-0.39, 0.29) is 12.4 Å². The van der Waals surface area contributed by atoms with Crippen LogP contribution in [0.25, 0.3) is 0 Å². The molecule has 3 aromatic rings. The van der Waals surface area contributed by atoms with E-state index in [2.05, 4.69) is 36.8 Å². The van der Waals surface area contributed by atoms with Gasteiger partial charge in [-0.05, 0) is 47.2 Å². The summed E-state index contributed by atoms with van der Waals surface area (Å²) < 4.78 is 27.0. The zero-order valence-electron chi connectivity index (χ0n) is 15.2. The van der Waals surface area contributed by atoms with Crippen LogP contribution < -0.4 is 14.8 Å². The number of aryl methyl sites for hydroxylation is 1. The zero-order valence-corrected chi connectivity index (χ0v) is 17.6. The Morgan fingerprint density at radius 2 is 2.04 bits per heavy atom. The first-order valence-electron chi connectivity index (χ1n) is 8.45. The lowest BCUT2D eigenvalue weighted by Crippen LogP contribution is -2.08. The average Bonchev–Trinajstić information content (AvgIpc) is 3.14. The Labute approximate surface area is 174 Å². The van der Waals surface area contributed by atoms with Gasteiger partial charge in [-0.15, -0.1) is 0 Å². The number of nitrogens with one attached hydrogen (secondary N) is 1. The standard InChI is InChI=1S/C18H18BrClFN5O2/c1-3-26-18(23-24-25-26)22-9-12-6-16(27-2)17(8-14(12)19)28-10-11-4-5-13(21)7-15(11)20/h4-8H,3,9-10H2,1-2H3,(H,22,23,25). The van der Waals surface area contributed by atoms with E-state index in [1.165, 1.54) is 12.1 Å². The van der Waals surface area contributed by atoms with E-state index in [1.54, 1.807) is 17.9 Å². The molecule has 0 aliphatic rings. The fraction of sp³-hybridized carbons (Fsp3) is 0.278. The molecule has 28 heavy (non-hydrogen) atoms. The quantitative estimate of drug-likeness (QED) is 0.524. The third-order valence-electron chi connectivity index (χ3n) is 4.00. The molecule has 0 spiro atoms. The van der Waals surface area contributed by atoms with Gasteiger partial charge in [-0.2, -0.15) is 0 Å². The molecule has 0 fully saturated rings. The van der Waals surface area contributed by atoms with Gasteiger partial charge in [0.15, 0.2) is 11.5 Å². The Bertz CT molecular complexity index is 969. The maximum absolute atomic E-state index is 13.2. The molecule has 0 atom stereocenters. The van der Waals surface area contributed by atoms with E-state index in [1.807, 2.05) is 19.1 Å². The lowest BCUT2D eigenvalue weighted by atomic mass is 10.2. The minimum Gasteiger partial charge on any atom is -0.493 e. The molecule has 1 heterocycles. The topological polar surface area (TPSA) is 74.1 Å². The monoisotopic (exact) mass is 469 g/mol. The second-order valence-electron chi connectivity index (χ2n) is 5.79. The molecule has 0 amide bonds. The molecule has 148 valence electrons. The first-order chi connectivity index (χ1) is 13.5. The molecule has 0 radical (unpaired) electrons. The molecule has 0 aliphatic heterocycles. The third kappa shape index (κ3) is 4.71. The van der Waals surface area contributed by atoms with Crippen LogP contribution >= 0.6 is 27.5 Å². The number of rotatable bonds is 8. The van der Waals surface area contributed by atoms with Crippen molar-refractivity contribution in [2.45, 2.75) is 26.6 Å². The molecule has 2 aromatic carbocycles. The van der Waals surface area contributed by atoms with Crippen molar-refractivity contribution >= 4 is 33.5 Å². The molecule has 0 saturated carbocycles. The highest BCUT2D eigenvalue weighted by atomic mass is 79.9. The van der Waals surface area contributed by atoms with Crippen molar-refractivity contribution in [3.63, 3.8) is 0 Å². The average molecular weight is 471 g/mol. The highest BCUT2D eigenvalue weighted by Gasteiger charge is 2.13. The number of halogens is 3. The van der Waals surface area contributed by atoms with Gasteiger partial charge in [-0.25, -0.2) is 9.07 Å². The van der Waals surface area contributed by atoms with Crippen LogP contribution in [0, 0.1) is 5.82 Å². The summed E-state index contributed by atoms with van der Waals surface area (Å²) in [6.45, 7) is 3.30. The molecule has 0 unspecified atom stereocenters. The maximum atomic E-state index is 13.2. The molecule has 3 rings (SSSR count). The molecule has 1 N–H and O–H groups in total. The van der Waals surface area contributed by atoms with Crippen LogP contribution in [-0.2, 0) is 19.7 Å². The minimum atomic E-state index is -0.389. The van der Waals surface area contributed by atoms with Gasteiger partial charge in [-0.1, -0.05) is 38.7 Å². The number of hydrogen-bond acceptors (Lipinski definition) is 6. The van der Waals surface area contributed by atoms with Crippen molar-refractivity contribution in [2.75, 3.05) is 12.4 Å². The predicted octanol–water partition coefficient (Wildman–Crippen LogP) is 4.45. The Kier molecular flexibility index (Phi) is 6.69. The summed E-state index contributed by atoms with van der Waals surface area (Å²) in [5.74, 6) is 1.30. The van der Waals surface area contributed by atoms with Gasteiger partial charge in [0.2, 0.25) is 5.95 Å². The SMILES string of the molecule is CCn1nnnc1NCc1cc(OC)c(OCc2ccc(F)cc2Cl)cc1Br. The number of aromatic nitrogens is 4. The van der Waals surface area contributed by atoms with Crippen LogP contribution in [0.4, 0.5) is 10.3 Å². The Morgan fingerprint density at radius 1 is 1.21 bits per heavy atom. The van der Waals surface area contributed by atoms with Gasteiger partial charge in [0, 0.05) is 23.1 Å². The van der Waals surface area contributed by atoms with Gasteiger partial charge >= 0.3 is 0 Å². The van der Waals surface area contributed by atoms with Crippen molar-refractivity contribution in [3.05, 3.63) is 56.8 Å².